The number of piperazine rings is 1. The van der Waals surface area contributed by atoms with E-state index in [0.717, 1.165) is 65.1 Å². The molecule has 1 aromatic heterocycles. The maximum absolute atomic E-state index is 12.7. The van der Waals surface area contributed by atoms with Crippen molar-refractivity contribution >= 4 is 5.91 Å². The smallest absolute Gasteiger partial charge is 0.274 e. The van der Waals surface area contributed by atoms with E-state index in [-0.39, 0.29) is 11.5 Å². The first-order valence-corrected chi connectivity index (χ1v) is 9.74. The summed E-state index contributed by atoms with van der Waals surface area (Å²) in [6, 6.07) is 0. The van der Waals surface area contributed by atoms with Crippen molar-refractivity contribution in [1.82, 2.24) is 24.7 Å². The van der Waals surface area contributed by atoms with Crippen LogP contribution in [0.3, 0.4) is 0 Å². The summed E-state index contributed by atoms with van der Waals surface area (Å²) in [5.74, 6) is 0.549. The van der Waals surface area contributed by atoms with Gasteiger partial charge in [-0.2, -0.15) is 0 Å². The van der Waals surface area contributed by atoms with Crippen molar-refractivity contribution in [3.8, 4) is 0 Å². The number of hydrogen-bond acceptors (Lipinski definition) is 6. The van der Waals surface area contributed by atoms with Crippen molar-refractivity contribution < 1.29 is 9.53 Å². The van der Waals surface area contributed by atoms with Crippen LogP contribution in [0.15, 0.2) is 18.6 Å². The van der Waals surface area contributed by atoms with E-state index < -0.39 is 0 Å². The van der Waals surface area contributed by atoms with E-state index in [9.17, 15) is 4.79 Å². The summed E-state index contributed by atoms with van der Waals surface area (Å²) in [4.78, 5) is 27.8. The van der Waals surface area contributed by atoms with E-state index >= 15 is 0 Å². The van der Waals surface area contributed by atoms with Gasteiger partial charge in [0, 0.05) is 51.7 Å². The minimum atomic E-state index is -0.159. The highest BCUT2D eigenvalue weighted by Gasteiger charge is 2.45. The van der Waals surface area contributed by atoms with Crippen molar-refractivity contribution in [2.24, 2.45) is 5.92 Å². The number of carbonyl (C=O) groups is 1. The second-order valence-electron chi connectivity index (χ2n) is 8.09. The molecule has 4 heterocycles. The molecule has 0 unspecified atom stereocenters. The monoisotopic (exact) mass is 359 g/mol. The van der Waals surface area contributed by atoms with Gasteiger partial charge in [-0.3, -0.25) is 9.78 Å². The first-order chi connectivity index (χ1) is 12.6. The molecule has 0 bridgehead atoms. The molecule has 7 heteroatoms. The number of likely N-dealkylation sites (tertiary alicyclic amines) is 1. The van der Waals surface area contributed by atoms with Crippen molar-refractivity contribution in [1.29, 1.82) is 0 Å². The number of aromatic nitrogens is 2. The fourth-order valence-electron chi connectivity index (χ4n) is 4.58. The van der Waals surface area contributed by atoms with Crippen molar-refractivity contribution in [3.63, 3.8) is 0 Å². The van der Waals surface area contributed by atoms with Crippen LogP contribution in [0.4, 0.5) is 0 Å². The molecule has 26 heavy (non-hydrogen) atoms. The van der Waals surface area contributed by atoms with E-state index in [4.69, 9.17) is 4.74 Å². The molecular weight excluding hydrogens is 330 g/mol. The fraction of sp³-hybridized carbons (Fsp3) is 0.737. The second kappa shape index (κ2) is 7.58. The zero-order valence-electron chi connectivity index (χ0n) is 15.6. The summed E-state index contributed by atoms with van der Waals surface area (Å²) in [7, 11) is 2.19. The molecule has 1 spiro atoms. The Morgan fingerprint density at radius 1 is 1.27 bits per heavy atom. The van der Waals surface area contributed by atoms with Crippen molar-refractivity contribution in [2.75, 3.05) is 59.5 Å². The summed E-state index contributed by atoms with van der Waals surface area (Å²) >= 11 is 0. The molecular formula is C19H29N5O2. The Morgan fingerprint density at radius 2 is 2.12 bits per heavy atom. The molecule has 1 aromatic rings. The van der Waals surface area contributed by atoms with Gasteiger partial charge in [0.05, 0.1) is 24.9 Å². The molecule has 3 fully saturated rings. The average Bonchev–Trinajstić information content (AvgIpc) is 3.05. The Labute approximate surface area is 155 Å². The number of likely N-dealkylation sites (N-methyl/N-ethyl adjacent to an activating group) is 1. The average molecular weight is 359 g/mol. The van der Waals surface area contributed by atoms with Crippen LogP contribution in [-0.4, -0.2) is 95.6 Å². The molecule has 0 aromatic carbocycles. The highest BCUT2D eigenvalue weighted by Crippen LogP contribution is 2.38. The predicted octanol–water partition coefficient (Wildman–Crippen LogP) is 0.735. The summed E-state index contributed by atoms with van der Waals surface area (Å²) in [5.41, 5.74) is 0.268. The van der Waals surface area contributed by atoms with Gasteiger partial charge in [0.2, 0.25) is 0 Å². The molecule has 1 amide bonds. The van der Waals surface area contributed by atoms with Gasteiger partial charge in [0.25, 0.3) is 5.91 Å². The molecule has 0 aliphatic carbocycles. The van der Waals surface area contributed by atoms with Crippen LogP contribution in [0.1, 0.15) is 29.8 Å². The number of carbonyl (C=O) groups excluding carboxylic acids is 1. The predicted molar refractivity (Wildman–Crippen MR) is 97.9 cm³/mol. The van der Waals surface area contributed by atoms with E-state index in [0.29, 0.717) is 18.2 Å². The first kappa shape index (κ1) is 17.8. The van der Waals surface area contributed by atoms with Crippen molar-refractivity contribution in [2.45, 2.75) is 24.9 Å². The second-order valence-corrected chi connectivity index (χ2v) is 8.09. The Balaban J connectivity index is 1.34. The molecule has 3 saturated heterocycles. The van der Waals surface area contributed by atoms with Gasteiger partial charge in [0.1, 0.15) is 5.69 Å². The molecule has 0 radical (unpaired) electrons. The van der Waals surface area contributed by atoms with Crippen LogP contribution in [0.2, 0.25) is 0 Å². The molecule has 3 aliphatic rings. The van der Waals surface area contributed by atoms with Gasteiger partial charge in [-0.05, 0) is 32.2 Å². The number of ether oxygens (including phenoxy) is 1. The van der Waals surface area contributed by atoms with Crippen LogP contribution in [0.25, 0.3) is 0 Å². The highest BCUT2D eigenvalue weighted by molar-refractivity contribution is 5.92. The maximum Gasteiger partial charge on any atom is 0.274 e. The minimum absolute atomic E-state index is 0.0247. The molecule has 0 N–H and O–H groups in total. The number of rotatable bonds is 3. The molecule has 4 rings (SSSR count). The third kappa shape index (κ3) is 3.89. The van der Waals surface area contributed by atoms with E-state index in [1.165, 1.54) is 0 Å². The zero-order valence-corrected chi connectivity index (χ0v) is 15.6. The number of piperidine rings is 1. The Kier molecular flexibility index (Phi) is 5.20. The van der Waals surface area contributed by atoms with Gasteiger partial charge in [-0.25, -0.2) is 4.98 Å². The third-order valence-electron chi connectivity index (χ3n) is 6.01. The highest BCUT2D eigenvalue weighted by atomic mass is 16.5. The van der Waals surface area contributed by atoms with Crippen LogP contribution >= 0.6 is 0 Å². The van der Waals surface area contributed by atoms with Gasteiger partial charge in [-0.1, -0.05) is 0 Å². The van der Waals surface area contributed by atoms with Gasteiger partial charge >= 0.3 is 0 Å². The fourth-order valence-corrected chi connectivity index (χ4v) is 4.58. The first-order valence-electron chi connectivity index (χ1n) is 9.74. The van der Waals surface area contributed by atoms with E-state index in [1.54, 1.807) is 18.6 Å². The molecule has 3 aliphatic heterocycles. The summed E-state index contributed by atoms with van der Waals surface area (Å²) in [6.45, 7) is 8.01. The third-order valence-corrected chi connectivity index (χ3v) is 6.01. The maximum atomic E-state index is 12.7. The quantitative estimate of drug-likeness (QED) is 0.793. The lowest BCUT2D eigenvalue weighted by Crippen LogP contribution is -2.50. The van der Waals surface area contributed by atoms with Crippen molar-refractivity contribution in [3.05, 3.63) is 24.3 Å². The van der Waals surface area contributed by atoms with Crippen LogP contribution in [-0.2, 0) is 4.74 Å². The normalized spacial score (nSPS) is 30.8. The van der Waals surface area contributed by atoms with Crippen LogP contribution in [0, 0.1) is 5.92 Å². The van der Waals surface area contributed by atoms with E-state index in [1.807, 2.05) is 4.90 Å². The summed E-state index contributed by atoms with van der Waals surface area (Å²) in [5, 5.41) is 0. The number of amides is 1. The zero-order chi connectivity index (χ0) is 18.0. The standard InChI is InChI=1S/C19H29N5O2/c1-22-7-9-23(10-8-22)13-16-11-19(26-14-16)3-2-6-24(15-19)18(25)17-12-20-4-5-21-17/h4-5,12,16H,2-3,6-11,13-15H2,1H3/t16-,19-/m1/s1. The van der Waals surface area contributed by atoms with Crippen LogP contribution in [0.5, 0.6) is 0 Å². The molecule has 0 saturated carbocycles. The molecule has 7 nitrogen and oxygen atoms in total. The lowest BCUT2D eigenvalue weighted by molar-refractivity contribution is -0.0452. The Morgan fingerprint density at radius 3 is 2.88 bits per heavy atom. The van der Waals surface area contributed by atoms with Gasteiger partial charge in [-0.15, -0.1) is 0 Å². The largest absolute Gasteiger partial charge is 0.373 e. The number of nitrogens with zero attached hydrogens (tertiary/aromatic N) is 5. The topological polar surface area (TPSA) is 61.8 Å². The van der Waals surface area contributed by atoms with Gasteiger partial charge in [0.15, 0.2) is 0 Å². The van der Waals surface area contributed by atoms with E-state index in [2.05, 4.69) is 26.8 Å². The Bertz CT molecular complexity index is 620. The Hall–Kier alpha value is -1.57. The number of hydrogen-bond donors (Lipinski definition) is 0. The summed E-state index contributed by atoms with van der Waals surface area (Å²) in [6.07, 6.45) is 7.82. The minimum Gasteiger partial charge on any atom is -0.373 e. The van der Waals surface area contributed by atoms with Gasteiger partial charge < -0.3 is 19.4 Å². The lowest BCUT2D eigenvalue weighted by atomic mass is 9.86. The van der Waals surface area contributed by atoms with Crippen LogP contribution < -0.4 is 0 Å². The SMILES string of the molecule is CN1CCN(C[C@@H]2CO[C@]3(CCCN(C(=O)c4cnccn4)C3)C2)CC1. The summed E-state index contributed by atoms with van der Waals surface area (Å²) < 4.78 is 6.31. The molecule has 2 atom stereocenters. The molecule has 142 valence electrons. The lowest BCUT2D eigenvalue weighted by Gasteiger charge is -2.40.